The predicted octanol–water partition coefficient (Wildman–Crippen LogP) is 3.29. The van der Waals surface area contributed by atoms with E-state index in [0.717, 1.165) is 10.1 Å². The van der Waals surface area contributed by atoms with Crippen LogP contribution in [0.5, 0.6) is 0 Å². The van der Waals surface area contributed by atoms with Crippen molar-refractivity contribution in [2.45, 2.75) is 26.8 Å². The lowest BCUT2D eigenvalue weighted by Gasteiger charge is -2.27. The summed E-state index contributed by atoms with van der Waals surface area (Å²) in [6, 6.07) is 6.11. The fourth-order valence-corrected chi connectivity index (χ4v) is 3.68. The number of nitrogen functional groups attached to an aromatic ring is 1. The Hall–Kier alpha value is -1.59. The molecule has 0 spiro atoms. The molecule has 4 nitrogen and oxygen atoms in total. The third kappa shape index (κ3) is 3.04. The number of hydrogen-bond acceptors (Lipinski definition) is 4. The highest BCUT2D eigenvalue weighted by molar-refractivity contribution is 7.21. The summed E-state index contributed by atoms with van der Waals surface area (Å²) >= 11 is 1.47. The molecule has 114 valence electrons. The van der Waals surface area contributed by atoms with Gasteiger partial charge >= 0.3 is 0 Å². The van der Waals surface area contributed by atoms with Gasteiger partial charge in [0, 0.05) is 23.7 Å². The fraction of sp³-hybridized carbons (Fsp3) is 0.438. The van der Waals surface area contributed by atoms with Gasteiger partial charge < -0.3 is 15.4 Å². The third-order valence-corrected chi connectivity index (χ3v) is 4.78. The average Bonchev–Trinajstić information content (AvgIpc) is 2.76. The molecule has 1 aromatic carbocycles. The first kappa shape index (κ1) is 15.8. The molecule has 1 amide bonds. The van der Waals surface area contributed by atoms with Crippen molar-refractivity contribution in [3.63, 3.8) is 0 Å². The van der Waals surface area contributed by atoms with Gasteiger partial charge in [0.05, 0.1) is 18.3 Å². The summed E-state index contributed by atoms with van der Waals surface area (Å²) < 4.78 is 6.22. The first-order chi connectivity index (χ1) is 9.99. The van der Waals surface area contributed by atoms with Crippen LogP contribution in [-0.2, 0) is 4.74 Å². The number of benzene rings is 1. The minimum Gasteiger partial charge on any atom is -0.397 e. The Balaban J connectivity index is 2.40. The Labute approximate surface area is 129 Å². The highest BCUT2D eigenvalue weighted by Gasteiger charge is 2.24. The highest BCUT2D eigenvalue weighted by Crippen LogP contribution is 2.35. The lowest BCUT2D eigenvalue weighted by atomic mass is 10.1. The molecule has 0 aliphatic heterocycles. The summed E-state index contributed by atoms with van der Waals surface area (Å²) in [5, 5.41) is 0.962. The number of anilines is 1. The maximum Gasteiger partial charge on any atom is 0.266 e. The van der Waals surface area contributed by atoms with Crippen LogP contribution in [0.3, 0.4) is 0 Å². The number of ether oxygens (including phenoxy) is 1. The van der Waals surface area contributed by atoms with Crippen molar-refractivity contribution in [1.29, 1.82) is 0 Å². The van der Waals surface area contributed by atoms with Gasteiger partial charge in [0.2, 0.25) is 0 Å². The summed E-state index contributed by atoms with van der Waals surface area (Å²) in [5.74, 6) is -0.0154. The summed E-state index contributed by atoms with van der Waals surface area (Å²) in [4.78, 5) is 15.2. The van der Waals surface area contributed by atoms with Gasteiger partial charge in [-0.15, -0.1) is 11.3 Å². The molecule has 1 atom stereocenters. The molecule has 0 radical (unpaired) electrons. The zero-order chi connectivity index (χ0) is 15.6. The molecule has 21 heavy (non-hydrogen) atoms. The molecule has 0 fully saturated rings. The van der Waals surface area contributed by atoms with Crippen LogP contribution in [-0.4, -0.2) is 37.1 Å². The summed E-state index contributed by atoms with van der Waals surface area (Å²) in [7, 11) is 1.64. The highest BCUT2D eigenvalue weighted by atomic mass is 32.1. The molecule has 5 heteroatoms. The number of rotatable bonds is 5. The van der Waals surface area contributed by atoms with Crippen molar-refractivity contribution in [2.24, 2.45) is 0 Å². The quantitative estimate of drug-likeness (QED) is 0.922. The lowest BCUT2D eigenvalue weighted by molar-refractivity contribution is 0.0585. The van der Waals surface area contributed by atoms with Crippen molar-refractivity contribution < 1.29 is 9.53 Å². The first-order valence-electron chi connectivity index (χ1n) is 7.08. The Morgan fingerprint density at radius 3 is 2.81 bits per heavy atom. The number of thiophene rings is 1. The molecule has 2 N–H and O–H groups in total. The zero-order valence-electron chi connectivity index (χ0n) is 13.0. The largest absolute Gasteiger partial charge is 0.397 e. The Bertz CT molecular complexity index is 651. The molecule has 0 aliphatic rings. The molecular weight excluding hydrogens is 284 g/mol. The molecule has 0 saturated carbocycles. The number of aryl methyl sites for hydroxylation is 1. The maximum atomic E-state index is 12.8. The van der Waals surface area contributed by atoms with Gasteiger partial charge in [0.1, 0.15) is 4.88 Å². The molecule has 2 aromatic rings. The van der Waals surface area contributed by atoms with Crippen LogP contribution in [0, 0.1) is 6.92 Å². The van der Waals surface area contributed by atoms with Gasteiger partial charge in [-0.25, -0.2) is 0 Å². The van der Waals surface area contributed by atoms with Gasteiger partial charge in [-0.2, -0.15) is 0 Å². The van der Waals surface area contributed by atoms with Crippen molar-refractivity contribution in [2.75, 3.05) is 26.0 Å². The van der Waals surface area contributed by atoms with E-state index in [1.807, 2.05) is 32.9 Å². The molecule has 0 bridgehead atoms. The van der Waals surface area contributed by atoms with Gasteiger partial charge in [-0.1, -0.05) is 12.1 Å². The molecule has 1 heterocycles. The van der Waals surface area contributed by atoms with E-state index in [1.165, 1.54) is 16.9 Å². The zero-order valence-corrected chi connectivity index (χ0v) is 13.8. The van der Waals surface area contributed by atoms with E-state index in [1.54, 1.807) is 12.0 Å². The van der Waals surface area contributed by atoms with Crippen LogP contribution in [0.4, 0.5) is 5.69 Å². The van der Waals surface area contributed by atoms with Crippen LogP contribution < -0.4 is 5.73 Å². The summed E-state index contributed by atoms with van der Waals surface area (Å²) in [6.07, 6.45) is 0. The molecule has 2 rings (SSSR count). The van der Waals surface area contributed by atoms with E-state index in [0.29, 0.717) is 23.7 Å². The number of methoxy groups -OCH3 is 1. The molecule has 0 saturated heterocycles. The number of hydrogen-bond donors (Lipinski definition) is 1. The summed E-state index contributed by atoms with van der Waals surface area (Å²) in [6.45, 7) is 7.14. The number of fused-ring (bicyclic) bond motifs is 1. The Morgan fingerprint density at radius 2 is 2.19 bits per heavy atom. The minimum atomic E-state index is -0.0154. The standard InChI is InChI=1S/C16H22N2O2S/c1-5-18(11(3)9-20-4)16(19)15-14(17)12-7-6-10(2)8-13(12)21-15/h6-8,11H,5,9,17H2,1-4H3. The fourth-order valence-electron chi connectivity index (χ4n) is 2.50. The second-order valence-corrected chi connectivity index (χ2v) is 6.29. The van der Waals surface area contributed by atoms with Gasteiger partial charge in [-0.05, 0) is 32.4 Å². The van der Waals surface area contributed by atoms with E-state index in [-0.39, 0.29) is 11.9 Å². The molecule has 0 aliphatic carbocycles. The van der Waals surface area contributed by atoms with E-state index >= 15 is 0 Å². The van der Waals surface area contributed by atoms with Gasteiger partial charge in [0.15, 0.2) is 0 Å². The van der Waals surface area contributed by atoms with Gasteiger partial charge in [-0.3, -0.25) is 4.79 Å². The van der Waals surface area contributed by atoms with E-state index in [9.17, 15) is 4.79 Å². The third-order valence-electron chi connectivity index (χ3n) is 3.62. The smallest absolute Gasteiger partial charge is 0.266 e. The first-order valence-corrected chi connectivity index (χ1v) is 7.89. The number of carbonyl (C=O) groups is 1. The maximum absolute atomic E-state index is 12.8. The van der Waals surface area contributed by atoms with E-state index in [2.05, 4.69) is 6.07 Å². The number of likely N-dealkylation sites (N-methyl/N-ethyl adjacent to an activating group) is 1. The molecule has 1 unspecified atom stereocenters. The number of nitrogens with two attached hydrogens (primary N) is 1. The van der Waals surface area contributed by atoms with Crippen molar-refractivity contribution in [1.82, 2.24) is 4.90 Å². The van der Waals surface area contributed by atoms with Crippen LogP contribution >= 0.6 is 11.3 Å². The monoisotopic (exact) mass is 306 g/mol. The Kier molecular flexibility index (Phi) is 4.85. The SMILES string of the molecule is CCN(C(=O)c1sc2cc(C)ccc2c1N)C(C)COC. The topological polar surface area (TPSA) is 55.6 Å². The van der Waals surface area contributed by atoms with Crippen LogP contribution in [0.15, 0.2) is 18.2 Å². The Morgan fingerprint density at radius 1 is 1.48 bits per heavy atom. The van der Waals surface area contributed by atoms with Crippen molar-refractivity contribution in [3.05, 3.63) is 28.6 Å². The second kappa shape index (κ2) is 6.45. The average molecular weight is 306 g/mol. The van der Waals surface area contributed by atoms with E-state index < -0.39 is 0 Å². The van der Waals surface area contributed by atoms with Crippen molar-refractivity contribution in [3.8, 4) is 0 Å². The van der Waals surface area contributed by atoms with E-state index in [4.69, 9.17) is 10.5 Å². The second-order valence-electron chi connectivity index (χ2n) is 5.24. The molecular formula is C16H22N2O2S. The normalized spacial score (nSPS) is 12.6. The predicted molar refractivity (Wildman–Crippen MR) is 89.0 cm³/mol. The van der Waals surface area contributed by atoms with Crippen LogP contribution in [0.1, 0.15) is 29.1 Å². The lowest BCUT2D eigenvalue weighted by Crippen LogP contribution is -2.40. The summed E-state index contributed by atoms with van der Waals surface area (Å²) in [5.41, 5.74) is 7.94. The molecule has 1 aromatic heterocycles. The minimum absolute atomic E-state index is 0.0154. The van der Waals surface area contributed by atoms with Crippen LogP contribution in [0.2, 0.25) is 0 Å². The number of carbonyl (C=O) groups excluding carboxylic acids is 1. The number of nitrogens with zero attached hydrogens (tertiary/aromatic N) is 1. The number of amides is 1. The van der Waals surface area contributed by atoms with Crippen LogP contribution in [0.25, 0.3) is 10.1 Å². The van der Waals surface area contributed by atoms with Crippen molar-refractivity contribution >= 4 is 33.0 Å². The van der Waals surface area contributed by atoms with Gasteiger partial charge in [0.25, 0.3) is 5.91 Å².